The van der Waals surface area contributed by atoms with Gasteiger partial charge in [-0.1, -0.05) is 121 Å². The number of hydrogen-bond donors (Lipinski definition) is 0. The normalized spacial score (nSPS) is 12.0. The Labute approximate surface area is 285 Å². The summed E-state index contributed by atoms with van der Waals surface area (Å²) in [6.07, 6.45) is 1.90. The van der Waals surface area contributed by atoms with E-state index >= 15 is 0 Å². The predicted octanol–water partition coefficient (Wildman–Crippen LogP) is 12.7. The summed E-state index contributed by atoms with van der Waals surface area (Å²) in [5, 5.41) is 8.73. The first-order valence-corrected chi connectivity index (χ1v) is 16.8. The Kier molecular flexibility index (Phi) is 5.63. The molecule has 0 N–H and O–H groups in total. The Morgan fingerprint density at radius 1 is 0.380 bits per heavy atom. The molecule has 0 amide bonds. The summed E-state index contributed by atoms with van der Waals surface area (Å²) in [5.41, 5.74) is 11.3. The Hall–Kier alpha value is -6.78. The number of nitrogens with zero attached hydrogens (tertiary/aromatic N) is 2. The standard InChI is InChI=1S/C46H26N2O2/c1-2-11-27(12-3-1)28-21-22-41-38(24-28)42-45(50-41)36(25-37-33-17-8-9-20-40(33)49-46(37)42)29-13-10-14-30(23-29)39-26-47-43-34-18-6-4-15-31(34)32-16-5-7-19-35(32)44(43)48-39/h1-26H. The van der Waals surface area contributed by atoms with Gasteiger partial charge in [0.05, 0.1) is 28.3 Å². The second-order valence-electron chi connectivity index (χ2n) is 12.9. The molecular weight excluding hydrogens is 613 g/mol. The van der Waals surface area contributed by atoms with Crippen LogP contribution < -0.4 is 0 Å². The fourth-order valence-electron chi connectivity index (χ4n) is 7.75. The minimum atomic E-state index is 0.802. The van der Waals surface area contributed by atoms with E-state index in [2.05, 4.69) is 133 Å². The number of hydrogen-bond acceptors (Lipinski definition) is 4. The number of fused-ring (bicyclic) bond motifs is 13. The monoisotopic (exact) mass is 638 g/mol. The van der Waals surface area contributed by atoms with Crippen molar-refractivity contribution < 1.29 is 8.83 Å². The summed E-state index contributed by atoms with van der Waals surface area (Å²) in [5.74, 6) is 0. The molecule has 3 heterocycles. The van der Waals surface area contributed by atoms with Gasteiger partial charge in [-0.3, -0.25) is 4.98 Å². The Morgan fingerprint density at radius 2 is 1.02 bits per heavy atom. The first kappa shape index (κ1) is 27.2. The minimum Gasteiger partial charge on any atom is -0.455 e. The van der Waals surface area contributed by atoms with Crippen LogP contribution in [0.2, 0.25) is 0 Å². The highest BCUT2D eigenvalue weighted by molar-refractivity contribution is 6.26. The maximum Gasteiger partial charge on any atom is 0.147 e. The first-order chi connectivity index (χ1) is 24.8. The lowest BCUT2D eigenvalue weighted by atomic mass is 9.96. The van der Waals surface area contributed by atoms with E-state index in [0.29, 0.717) is 0 Å². The van der Waals surface area contributed by atoms with E-state index in [-0.39, 0.29) is 0 Å². The van der Waals surface area contributed by atoms with Gasteiger partial charge in [-0.2, -0.15) is 0 Å². The quantitative estimate of drug-likeness (QED) is 0.181. The molecule has 4 nitrogen and oxygen atoms in total. The SMILES string of the molecule is c1ccc(-c2ccc3oc4c(-c5cccc(-c6cnc7c8ccccc8c8ccccc8c7n6)c5)cc5c6ccccc6oc5c4c3c2)cc1. The van der Waals surface area contributed by atoms with Gasteiger partial charge in [-0.15, -0.1) is 0 Å². The van der Waals surface area contributed by atoms with Gasteiger partial charge < -0.3 is 8.83 Å². The van der Waals surface area contributed by atoms with Crippen LogP contribution in [0.1, 0.15) is 0 Å². The van der Waals surface area contributed by atoms with E-state index in [1.54, 1.807) is 0 Å². The van der Waals surface area contributed by atoms with Crippen molar-refractivity contribution in [3.8, 4) is 33.5 Å². The molecule has 11 rings (SSSR count). The third-order valence-electron chi connectivity index (χ3n) is 10.1. The molecule has 8 aromatic carbocycles. The topological polar surface area (TPSA) is 52.1 Å². The lowest BCUT2D eigenvalue weighted by Gasteiger charge is -2.11. The van der Waals surface area contributed by atoms with Crippen molar-refractivity contribution in [1.29, 1.82) is 0 Å². The van der Waals surface area contributed by atoms with Crippen molar-refractivity contribution in [3.05, 3.63) is 158 Å². The number of aromatic nitrogens is 2. The summed E-state index contributed by atoms with van der Waals surface area (Å²) >= 11 is 0. The maximum absolute atomic E-state index is 6.74. The van der Waals surface area contributed by atoms with E-state index in [4.69, 9.17) is 18.8 Å². The van der Waals surface area contributed by atoms with Crippen molar-refractivity contribution in [2.24, 2.45) is 0 Å². The van der Waals surface area contributed by atoms with Crippen molar-refractivity contribution in [2.45, 2.75) is 0 Å². The molecule has 0 unspecified atom stereocenters. The second-order valence-corrected chi connectivity index (χ2v) is 12.9. The molecule has 0 radical (unpaired) electrons. The zero-order chi connectivity index (χ0) is 32.8. The second kappa shape index (κ2) is 10.4. The molecule has 232 valence electrons. The van der Waals surface area contributed by atoms with Crippen LogP contribution in [0.25, 0.3) is 110 Å². The number of furan rings is 2. The van der Waals surface area contributed by atoms with E-state index in [1.165, 1.54) is 10.8 Å². The fourth-order valence-corrected chi connectivity index (χ4v) is 7.75. The van der Waals surface area contributed by atoms with Gasteiger partial charge in [0.1, 0.15) is 22.3 Å². The molecule has 0 bridgehead atoms. The van der Waals surface area contributed by atoms with Crippen LogP contribution in [0.15, 0.2) is 167 Å². The van der Waals surface area contributed by atoms with Gasteiger partial charge in [-0.25, -0.2) is 4.98 Å². The minimum absolute atomic E-state index is 0.802. The van der Waals surface area contributed by atoms with E-state index in [1.807, 2.05) is 24.4 Å². The molecular formula is C46H26N2O2. The number of para-hydroxylation sites is 1. The fraction of sp³-hybridized carbons (Fsp3) is 0. The van der Waals surface area contributed by atoms with Crippen molar-refractivity contribution in [3.63, 3.8) is 0 Å². The van der Waals surface area contributed by atoms with E-state index in [0.717, 1.165) is 99.2 Å². The van der Waals surface area contributed by atoms with Crippen LogP contribution in [0.4, 0.5) is 0 Å². The Balaban J connectivity index is 1.16. The van der Waals surface area contributed by atoms with Crippen LogP contribution in [0.5, 0.6) is 0 Å². The van der Waals surface area contributed by atoms with Crippen LogP contribution in [-0.2, 0) is 0 Å². The maximum atomic E-state index is 6.74. The van der Waals surface area contributed by atoms with Crippen LogP contribution in [0.3, 0.4) is 0 Å². The average molecular weight is 639 g/mol. The molecule has 50 heavy (non-hydrogen) atoms. The van der Waals surface area contributed by atoms with Gasteiger partial charge in [0.2, 0.25) is 0 Å². The van der Waals surface area contributed by atoms with Gasteiger partial charge >= 0.3 is 0 Å². The molecule has 0 atom stereocenters. The zero-order valence-electron chi connectivity index (χ0n) is 26.7. The Morgan fingerprint density at radius 3 is 1.84 bits per heavy atom. The largest absolute Gasteiger partial charge is 0.455 e. The molecule has 0 saturated carbocycles. The van der Waals surface area contributed by atoms with Crippen LogP contribution >= 0.6 is 0 Å². The van der Waals surface area contributed by atoms with E-state index in [9.17, 15) is 0 Å². The number of benzene rings is 8. The van der Waals surface area contributed by atoms with Gasteiger partial charge in [0, 0.05) is 38.1 Å². The lowest BCUT2D eigenvalue weighted by Crippen LogP contribution is -1.92. The summed E-state index contributed by atoms with van der Waals surface area (Å²) < 4.78 is 13.3. The first-order valence-electron chi connectivity index (χ1n) is 16.8. The third-order valence-corrected chi connectivity index (χ3v) is 10.1. The molecule has 3 aromatic heterocycles. The molecule has 0 fully saturated rings. The highest BCUT2D eigenvalue weighted by atomic mass is 16.3. The van der Waals surface area contributed by atoms with Crippen molar-refractivity contribution in [2.75, 3.05) is 0 Å². The summed E-state index contributed by atoms with van der Waals surface area (Å²) in [6, 6.07) is 52.8. The smallest absolute Gasteiger partial charge is 0.147 e. The molecule has 4 heteroatoms. The molecule has 0 saturated heterocycles. The van der Waals surface area contributed by atoms with Crippen LogP contribution in [0, 0.1) is 0 Å². The Bertz CT molecular complexity index is 3120. The van der Waals surface area contributed by atoms with Gasteiger partial charge in [0.15, 0.2) is 0 Å². The highest BCUT2D eigenvalue weighted by Crippen LogP contribution is 2.45. The predicted molar refractivity (Wildman–Crippen MR) is 205 cm³/mol. The molecule has 0 spiro atoms. The van der Waals surface area contributed by atoms with Crippen molar-refractivity contribution in [1.82, 2.24) is 9.97 Å². The number of rotatable bonds is 3. The summed E-state index contributed by atoms with van der Waals surface area (Å²) in [7, 11) is 0. The third kappa shape index (κ3) is 3.93. The molecule has 0 aliphatic rings. The lowest BCUT2D eigenvalue weighted by molar-refractivity contribution is 0.663. The van der Waals surface area contributed by atoms with Gasteiger partial charge in [0.25, 0.3) is 0 Å². The average Bonchev–Trinajstić information content (AvgIpc) is 3.76. The summed E-state index contributed by atoms with van der Waals surface area (Å²) in [6.45, 7) is 0. The van der Waals surface area contributed by atoms with Crippen molar-refractivity contribution >= 4 is 76.5 Å². The summed E-state index contributed by atoms with van der Waals surface area (Å²) in [4.78, 5) is 10.3. The zero-order valence-corrected chi connectivity index (χ0v) is 26.7. The molecule has 0 aliphatic heterocycles. The molecule has 0 aliphatic carbocycles. The highest BCUT2D eigenvalue weighted by Gasteiger charge is 2.22. The van der Waals surface area contributed by atoms with Crippen LogP contribution in [-0.4, -0.2) is 9.97 Å². The molecule has 11 aromatic rings. The van der Waals surface area contributed by atoms with Gasteiger partial charge in [-0.05, 0) is 57.8 Å². The van der Waals surface area contributed by atoms with E-state index < -0.39 is 0 Å².